The van der Waals surface area contributed by atoms with Gasteiger partial charge in [0.05, 0.1) is 5.69 Å². The number of aryl methyl sites for hydroxylation is 1. The van der Waals surface area contributed by atoms with Crippen molar-refractivity contribution >= 4 is 5.69 Å². The average molecular weight is 207 g/mol. The standard InChI is InChI=1S/C10H10FN3O/c1-6-4-10(14-13-6)15-9-3-2-7(11)5-8(9)12/h2-5H,12H2,1H3,(H,13,14). The molecule has 0 radical (unpaired) electrons. The second-order valence-electron chi connectivity index (χ2n) is 3.17. The molecule has 2 aromatic rings. The Hall–Kier alpha value is -2.04. The number of hydrogen-bond donors (Lipinski definition) is 2. The lowest BCUT2D eigenvalue weighted by Crippen LogP contribution is -1.93. The van der Waals surface area contributed by atoms with E-state index in [1.165, 1.54) is 18.2 Å². The number of aromatic nitrogens is 2. The van der Waals surface area contributed by atoms with Crippen LogP contribution in [0.2, 0.25) is 0 Å². The van der Waals surface area contributed by atoms with Crippen LogP contribution in [0, 0.1) is 12.7 Å². The van der Waals surface area contributed by atoms with Crippen molar-refractivity contribution in [1.29, 1.82) is 0 Å². The smallest absolute Gasteiger partial charge is 0.238 e. The fourth-order valence-corrected chi connectivity index (χ4v) is 1.17. The minimum atomic E-state index is -0.391. The van der Waals surface area contributed by atoms with E-state index in [-0.39, 0.29) is 5.69 Å². The zero-order valence-corrected chi connectivity index (χ0v) is 8.12. The monoisotopic (exact) mass is 207 g/mol. The third-order valence-electron chi connectivity index (χ3n) is 1.87. The van der Waals surface area contributed by atoms with Gasteiger partial charge in [-0.25, -0.2) is 4.39 Å². The van der Waals surface area contributed by atoms with Crippen LogP contribution in [0.3, 0.4) is 0 Å². The van der Waals surface area contributed by atoms with Crippen LogP contribution in [0.4, 0.5) is 10.1 Å². The van der Waals surface area contributed by atoms with Crippen LogP contribution in [-0.4, -0.2) is 10.2 Å². The molecule has 3 N–H and O–H groups in total. The topological polar surface area (TPSA) is 63.9 Å². The molecule has 0 aliphatic heterocycles. The minimum absolute atomic E-state index is 0.246. The Balaban J connectivity index is 2.24. The SMILES string of the molecule is Cc1cc(Oc2ccc(F)cc2N)n[nH]1. The molecular formula is C10H10FN3O. The molecule has 2 rings (SSSR count). The van der Waals surface area contributed by atoms with E-state index < -0.39 is 5.82 Å². The highest BCUT2D eigenvalue weighted by atomic mass is 19.1. The number of H-pyrrole nitrogens is 1. The summed E-state index contributed by atoms with van der Waals surface area (Å²) in [6.45, 7) is 1.86. The summed E-state index contributed by atoms with van der Waals surface area (Å²) in [5, 5.41) is 6.61. The van der Waals surface area contributed by atoms with Crippen LogP contribution < -0.4 is 10.5 Å². The Kier molecular flexibility index (Phi) is 2.29. The molecule has 0 atom stereocenters. The van der Waals surface area contributed by atoms with E-state index in [2.05, 4.69) is 10.2 Å². The number of hydrogen-bond acceptors (Lipinski definition) is 3. The Labute approximate surface area is 85.9 Å². The van der Waals surface area contributed by atoms with Crippen LogP contribution in [0.1, 0.15) is 5.69 Å². The molecule has 0 aliphatic rings. The number of halogens is 1. The van der Waals surface area contributed by atoms with Gasteiger partial charge in [0.15, 0.2) is 5.75 Å². The largest absolute Gasteiger partial charge is 0.435 e. The molecule has 0 amide bonds. The number of rotatable bonds is 2. The second-order valence-corrected chi connectivity index (χ2v) is 3.17. The molecule has 1 aromatic heterocycles. The number of nitrogens with one attached hydrogen (secondary N) is 1. The molecule has 78 valence electrons. The van der Waals surface area contributed by atoms with Crippen LogP contribution in [0.25, 0.3) is 0 Å². The van der Waals surface area contributed by atoms with Gasteiger partial charge in [0.25, 0.3) is 0 Å². The first kappa shape index (κ1) is 9.51. The molecular weight excluding hydrogens is 197 g/mol. The van der Waals surface area contributed by atoms with Crippen molar-refractivity contribution in [2.45, 2.75) is 6.92 Å². The van der Waals surface area contributed by atoms with E-state index in [1.54, 1.807) is 6.07 Å². The van der Waals surface area contributed by atoms with Crippen molar-refractivity contribution in [3.8, 4) is 11.6 Å². The summed E-state index contributed by atoms with van der Waals surface area (Å²) in [5.41, 5.74) is 6.70. The number of nitrogen functional groups attached to an aromatic ring is 1. The van der Waals surface area contributed by atoms with Gasteiger partial charge in [-0.1, -0.05) is 0 Å². The number of nitrogens with zero attached hydrogens (tertiary/aromatic N) is 1. The first-order valence-corrected chi connectivity index (χ1v) is 4.40. The fourth-order valence-electron chi connectivity index (χ4n) is 1.17. The van der Waals surface area contributed by atoms with Crippen molar-refractivity contribution in [3.05, 3.63) is 35.8 Å². The first-order valence-electron chi connectivity index (χ1n) is 4.40. The lowest BCUT2D eigenvalue weighted by molar-refractivity contribution is 0.462. The lowest BCUT2D eigenvalue weighted by Gasteiger charge is -2.04. The Bertz CT molecular complexity index is 481. The van der Waals surface area contributed by atoms with Crippen molar-refractivity contribution in [2.24, 2.45) is 0 Å². The molecule has 15 heavy (non-hydrogen) atoms. The number of benzene rings is 1. The van der Waals surface area contributed by atoms with E-state index in [1.807, 2.05) is 6.92 Å². The molecule has 0 spiro atoms. The van der Waals surface area contributed by atoms with E-state index >= 15 is 0 Å². The summed E-state index contributed by atoms with van der Waals surface area (Å²) in [4.78, 5) is 0. The van der Waals surface area contributed by atoms with E-state index in [4.69, 9.17) is 10.5 Å². The van der Waals surface area contributed by atoms with E-state index in [0.29, 0.717) is 11.6 Å². The summed E-state index contributed by atoms with van der Waals surface area (Å²) >= 11 is 0. The molecule has 1 aromatic carbocycles. The predicted molar refractivity (Wildman–Crippen MR) is 54.2 cm³/mol. The van der Waals surface area contributed by atoms with Crippen molar-refractivity contribution in [2.75, 3.05) is 5.73 Å². The summed E-state index contributed by atoms with van der Waals surface area (Å²) in [7, 11) is 0. The van der Waals surface area contributed by atoms with Gasteiger partial charge in [-0.2, -0.15) is 0 Å². The Morgan fingerprint density at radius 1 is 1.40 bits per heavy atom. The van der Waals surface area contributed by atoms with Crippen molar-refractivity contribution in [3.63, 3.8) is 0 Å². The van der Waals surface area contributed by atoms with Gasteiger partial charge < -0.3 is 10.5 Å². The maximum atomic E-state index is 12.7. The van der Waals surface area contributed by atoms with Gasteiger partial charge in [-0.05, 0) is 19.1 Å². The van der Waals surface area contributed by atoms with Crippen LogP contribution >= 0.6 is 0 Å². The number of anilines is 1. The van der Waals surface area contributed by atoms with Gasteiger partial charge in [-0.3, -0.25) is 5.10 Å². The molecule has 0 saturated carbocycles. The highest BCUT2D eigenvalue weighted by Gasteiger charge is 2.05. The second kappa shape index (κ2) is 3.61. The summed E-state index contributed by atoms with van der Waals surface area (Å²) in [5.74, 6) is 0.409. The summed E-state index contributed by atoms with van der Waals surface area (Å²) in [6.07, 6.45) is 0. The van der Waals surface area contributed by atoms with Gasteiger partial charge in [0.1, 0.15) is 5.82 Å². The summed E-state index contributed by atoms with van der Waals surface area (Å²) < 4.78 is 18.1. The van der Waals surface area contributed by atoms with Gasteiger partial charge in [0.2, 0.25) is 5.88 Å². The minimum Gasteiger partial charge on any atom is -0.435 e. The highest BCUT2D eigenvalue weighted by molar-refractivity contribution is 5.53. The van der Waals surface area contributed by atoms with Crippen molar-refractivity contribution < 1.29 is 9.13 Å². The molecule has 0 bridgehead atoms. The molecule has 0 aliphatic carbocycles. The van der Waals surface area contributed by atoms with Gasteiger partial charge in [-0.15, -0.1) is 5.10 Å². The number of ether oxygens (including phenoxy) is 1. The average Bonchev–Trinajstić information content (AvgIpc) is 2.56. The summed E-state index contributed by atoms with van der Waals surface area (Å²) in [6, 6.07) is 5.68. The van der Waals surface area contributed by atoms with E-state index in [0.717, 1.165) is 5.69 Å². The van der Waals surface area contributed by atoms with Crippen LogP contribution in [0.15, 0.2) is 24.3 Å². The number of nitrogens with two attached hydrogens (primary N) is 1. The third-order valence-corrected chi connectivity index (χ3v) is 1.87. The molecule has 0 fully saturated rings. The molecule has 0 saturated heterocycles. The zero-order chi connectivity index (χ0) is 10.8. The molecule has 1 heterocycles. The predicted octanol–water partition coefficient (Wildman–Crippen LogP) is 2.23. The maximum Gasteiger partial charge on any atom is 0.238 e. The van der Waals surface area contributed by atoms with Gasteiger partial charge >= 0.3 is 0 Å². The normalized spacial score (nSPS) is 10.3. The van der Waals surface area contributed by atoms with Crippen LogP contribution in [0.5, 0.6) is 11.6 Å². The third kappa shape index (κ3) is 2.07. The molecule has 0 unspecified atom stereocenters. The molecule has 4 nitrogen and oxygen atoms in total. The van der Waals surface area contributed by atoms with Gasteiger partial charge in [0, 0.05) is 17.8 Å². The maximum absolute atomic E-state index is 12.7. The van der Waals surface area contributed by atoms with Crippen LogP contribution in [-0.2, 0) is 0 Å². The quantitative estimate of drug-likeness (QED) is 0.742. The lowest BCUT2D eigenvalue weighted by atomic mass is 10.3. The molecule has 5 heteroatoms. The number of aromatic amines is 1. The fraction of sp³-hybridized carbons (Fsp3) is 0.100. The Morgan fingerprint density at radius 3 is 2.80 bits per heavy atom. The Morgan fingerprint density at radius 2 is 2.20 bits per heavy atom. The highest BCUT2D eigenvalue weighted by Crippen LogP contribution is 2.26. The van der Waals surface area contributed by atoms with E-state index in [9.17, 15) is 4.39 Å². The first-order chi connectivity index (χ1) is 7.15. The zero-order valence-electron chi connectivity index (χ0n) is 8.12. The van der Waals surface area contributed by atoms with Crippen molar-refractivity contribution in [1.82, 2.24) is 10.2 Å².